The van der Waals surface area contributed by atoms with Gasteiger partial charge in [0.1, 0.15) is 12.3 Å². The normalized spacial score (nSPS) is 11.6. The number of nitro groups is 1. The van der Waals surface area contributed by atoms with Crippen LogP contribution in [0.15, 0.2) is 42.5 Å². The predicted molar refractivity (Wildman–Crippen MR) is 94.9 cm³/mol. The molecule has 25 heavy (non-hydrogen) atoms. The van der Waals surface area contributed by atoms with Crippen LogP contribution in [0.4, 0.5) is 11.4 Å². The Bertz CT molecular complexity index is 777. The van der Waals surface area contributed by atoms with Gasteiger partial charge in [-0.1, -0.05) is 12.1 Å². The molecule has 2 N–H and O–H groups in total. The summed E-state index contributed by atoms with van der Waals surface area (Å²) in [5.74, 6) is 0.647. The number of hydrogen-bond acceptors (Lipinski definition) is 4. The molecule has 0 spiro atoms. The van der Waals surface area contributed by atoms with Gasteiger partial charge in [0.05, 0.1) is 19.1 Å². The Hall–Kier alpha value is -2.93. The third-order valence-electron chi connectivity index (χ3n) is 3.80. The molecule has 7 heteroatoms. The minimum Gasteiger partial charge on any atom is -0.497 e. The molecular formula is C18H22N3O4+. The maximum absolute atomic E-state index is 12.2. The number of non-ortho nitro benzene ring substituents is 1. The summed E-state index contributed by atoms with van der Waals surface area (Å²) >= 11 is 0. The molecule has 132 valence electrons. The number of nitrogens with zero attached hydrogens (tertiary/aromatic N) is 1. The monoisotopic (exact) mass is 344 g/mol. The summed E-state index contributed by atoms with van der Waals surface area (Å²) in [7, 11) is 3.55. The fraction of sp³-hybridized carbons (Fsp3) is 0.278. The number of amides is 1. The van der Waals surface area contributed by atoms with Crippen molar-refractivity contribution >= 4 is 17.3 Å². The summed E-state index contributed by atoms with van der Waals surface area (Å²) in [6, 6.07) is 12.1. The lowest BCUT2D eigenvalue weighted by Gasteiger charge is -2.15. The highest BCUT2D eigenvalue weighted by Gasteiger charge is 2.14. The van der Waals surface area contributed by atoms with Crippen LogP contribution < -0.4 is 15.0 Å². The van der Waals surface area contributed by atoms with E-state index in [-0.39, 0.29) is 18.1 Å². The van der Waals surface area contributed by atoms with Crippen LogP contribution in [-0.4, -0.2) is 31.5 Å². The summed E-state index contributed by atoms with van der Waals surface area (Å²) in [4.78, 5) is 23.5. The Morgan fingerprint density at radius 1 is 1.28 bits per heavy atom. The Labute approximate surface area is 146 Å². The number of aryl methyl sites for hydroxylation is 1. The number of methoxy groups -OCH3 is 1. The maximum atomic E-state index is 12.2. The topological polar surface area (TPSA) is 85.9 Å². The first kappa shape index (κ1) is 18.4. The number of carbonyl (C=O) groups is 1. The van der Waals surface area contributed by atoms with E-state index in [4.69, 9.17) is 4.74 Å². The lowest BCUT2D eigenvalue weighted by Crippen LogP contribution is -3.08. The number of nitro benzene ring substituents is 1. The third-order valence-corrected chi connectivity index (χ3v) is 3.80. The van der Waals surface area contributed by atoms with Crippen molar-refractivity contribution in [2.45, 2.75) is 13.5 Å². The number of carbonyl (C=O) groups excluding carboxylic acids is 1. The van der Waals surface area contributed by atoms with Crippen LogP contribution >= 0.6 is 0 Å². The van der Waals surface area contributed by atoms with Crippen molar-refractivity contribution in [1.82, 2.24) is 0 Å². The second kappa shape index (κ2) is 8.25. The number of ether oxygens (including phenoxy) is 1. The average molecular weight is 344 g/mol. The lowest BCUT2D eigenvalue weighted by atomic mass is 10.1. The molecule has 0 saturated carbocycles. The highest BCUT2D eigenvalue weighted by atomic mass is 16.6. The molecule has 7 nitrogen and oxygen atoms in total. The van der Waals surface area contributed by atoms with Crippen molar-refractivity contribution in [2.24, 2.45) is 0 Å². The second-order valence-electron chi connectivity index (χ2n) is 5.97. The van der Waals surface area contributed by atoms with Gasteiger partial charge in [-0.15, -0.1) is 0 Å². The lowest BCUT2D eigenvalue weighted by molar-refractivity contribution is -0.885. The molecule has 0 aliphatic heterocycles. The van der Waals surface area contributed by atoms with Gasteiger partial charge in [-0.2, -0.15) is 0 Å². The molecule has 1 amide bonds. The molecule has 1 atom stereocenters. The average Bonchev–Trinajstić information content (AvgIpc) is 2.56. The fourth-order valence-corrected chi connectivity index (χ4v) is 2.56. The van der Waals surface area contributed by atoms with Gasteiger partial charge >= 0.3 is 0 Å². The van der Waals surface area contributed by atoms with E-state index in [1.165, 1.54) is 12.1 Å². The number of quaternary nitrogens is 1. The number of likely N-dealkylation sites (N-methyl/N-ethyl adjacent to an activating group) is 1. The third kappa shape index (κ3) is 5.29. The Balaban J connectivity index is 1.94. The molecule has 0 radical (unpaired) electrons. The van der Waals surface area contributed by atoms with E-state index < -0.39 is 4.92 Å². The summed E-state index contributed by atoms with van der Waals surface area (Å²) < 4.78 is 5.20. The van der Waals surface area contributed by atoms with Gasteiger partial charge in [0.2, 0.25) is 0 Å². The van der Waals surface area contributed by atoms with Gasteiger partial charge in [0.15, 0.2) is 6.54 Å². The Kier molecular flexibility index (Phi) is 6.08. The van der Waals surface area contributed by atoms with Crippen molar-refractivity contribution in [3.05, 3.63) is 63.7 Å². The van der Waals surface area contributed by atoms with E-state index >= 15 is 0 Å². The first-order chi connectivity index (χ1) is 11.9. The number of anilines is 1. The van der Waals surface area contributed by atoms with Crippen molar-refractivity contribution in [1.29, 1.82) is 0 Å². The Morgan fingerprint density at radius 2 is 2.04 bits per heavy atom. The molecular weight excluding hydrogens is 322 g/mol. The highest BCUT2D eigenvalue weighted by molar-refractivity contribution is 5.92. The minimum atomic E-state index is -0.454. The first-order valence-electron chi connectivity index (χ1n) is 7.88. The van der Waals surface area contributed by atoms with Crippen LogP contribution in [0.2, 0.25) is 0 Å². The smallest absolute Gasteiger partial charge is 0.279 e. The van der Waals surface area contributed by atoms with Crippen molar-refractivity contribution in [3.8, 4) is 5.75 Å². The van der Waals surface area contributed by atoms with E-state index in [9.17, 15) is 14.9 Å². The molecule has 2 rings (SSSR count). The van der Waals surface area contributed by atoms with E-state index in [0.29, 0.717) is 17.8 Å². The molecule has 2 aromatic carbocycles. The second-order valence-corrected chi connectivity index (χ2v) is 5.97. The molecule has 0 aliphatic rings. The summed E-state index contributed by atoms with van der Waals surface area (Å²) in [6.45, 7) is 2.70. The van der Waals surface area contributed by atoms with E-state index in [0.717, 1.165) is 16.2 Å². The minimum absolute atomic E-state index is 0.0104. The molecule has 0 aliphatic carbocycles. The van der Waals surface area contributed by atoms with Gasteiger partial charge in [0, 0.05) is 23.4 Å². The molecule has 0 saturated heterocycles. The predicted octanol–water partition coefficient (Wildman–Crippen LogP) is 1.57. The molecule has 0 aromatic heterocycles. The number of nitrogens with one attached hydrogen (secondary N) is 2. The van der Waals surface area contributed by atoms with Crippen LogP contribution in [0.1, 0.15) is 11.1 Å². The first-order valence-corrected chi connectivity index (χ1v) is 7.88. The zero-order valence-electron chi connectivity index (χ0n) is 14.5. The standard InChI is InChI=1S/C18H21N3O4/c1-13-9-15(21(23)24)7-8-17(13)19-18(22)12-20(2)11-14-5-4-6-16(10-14)25-3/h4-10H,11-12H2,1-3H3,(H,19,22)/p+1. The van der Waals surface area contributed by atoms with Crippen molar-refractivity contribution < 1.29 is 19.4 Å². The summed E-state index contributed by atoms with van der Waals surface area (Å²) in [5.41, 5.74) is 2.34. The van der Waals surface area contributed by atoms with Gasteiger partial charge in [-0.05, 0) is 30.7 Å². The number of rotatable bonds is 7. The maximum Gasteiger partial charge on any atom is 0.279 e. The van der Waals surface area contributed by atoms with Gasteiger partial charge in [-0.3, -0.25) is 14.9 Å². The van der Waals surface area contributed by atoms with Crippen molar-refractivity contribution in [3.63, 3.8) is 0 Å². The Morgan fingerprint density at radius 3 is 2.68 bits per heavy atom. The van der Waals surface area contributed by atoms with Gasteiger partial charge in [0.25, 0.3) is 11.6 Å². The largest absolute Gasteiger partial charge is 0.497 e. The zero-order chi connectivity index (χ0) is 18.4. The molecule has 1 unspecified atom stereocenters. The van der Waals surface area contributed by atoms with Gasteiger partial charge in [-0.25, -0.2) is 0 Å². The molecule has 0 fully saturated rings. The summed E-state index contributed by atoms with van der Waals surface area (Å²) in [6.07, 6.45) is 0. The van der Waals surface area contributed by atoms with E-state index in [1.807, 2.05) is 31.3 Å². The van der Waals surface area contributed by atoms with Crippen LogP contribution in [0, 0.1) is 17.0 Å². The molecule has 0 bridgehead atoms. The van der Waals surface area contributed by atoms with E-state index in [1.54, 1.807) is 20.1 Å². The zero-order valence-corrected chi connectivity index (χ0v) is 14.5. The fourth-order valence-electron chi connectivity index (χ4n) is 2.56. The van der Waals surface area contributed by atoms with Crippen LogP contribution in [0.5, 0.6) is 5.75 Å². The number of hydrogen-bond donors (Lipinski definition) is 2. The summed E-state index contributed by atoms with van der Waals surface area (Å²) in [5, 5.41) is 13.6. The van der Waals surface area contributed by atoms with Crippen LogP contribution in [0.25, 0.3) is 0 Å². The van der Waals surface area contributed by atoms with Crippen LogP contribution in [-0.2, 0) is 11.3 Å². The highest BCUT2D eigenvalue weighted by Crippen LogP contribution is 2.20. The quantitative estimate of drug-likeness (QED) is 0.590. The van der Waals surface area contributed by atoms with Crippen LogP contribution in [0.3, 0.4) is 0 Å². The molecule has 0 heterocycles. The number of benzene rings is 2. The van der Waals surface area contributed by atoms with Gasteiger partial charge < -0.3 is 15.0 Å². The SMILES string of the molecule is COc1cccc(C[NH+](C)CC(=O)Nc2ccc([N+](=O)[O-])cc2C)c1. The van der Waals surface area contributed by atoms with Crippen molar-refractivity contribution in [2.75, 3.05) is 26.0 Å². The van der Waals surface area contributed by atoms with E-state index in [2.05, 4.69) is 5.32 Å². The molecule has 2 aromatic rings.